The normalized spacial score (nSPS) is 17.2. The predicted octanol–water partition coefficient (Wildman–Crippen LogP) is 4.17. The van der Waals surface area contributed by atoms with Crippen LogP contribution in [0, 0.1) is 0 Å². The number of hydrogen-bond donors (Lipinski definition) is 0. The lowest BCUT2D eigenvalue weighted by Gasteiger charge is -2.16. The fraction of sp³-hybridized carbons (Fsp3) is 0.250. The maximum Gasteiger partial charge on any atom is 0.194 e. The smallest absolute Gasteiger partial charge is 0.130 e. The van der Waals surface area contributed by atoms with E-state index in [1.165, 1.54) is 9.79 Å². The van der Waals surface area contributed by atoms with Gasteiger partial charge < -0.3 is 0 Å². The van der Waals surface area contributed by atoms with Crippen LogP contribution in [0.25, 0.3) is 10.4 Å². The summed E-state index contributed by atoms with van der Waals surface area (Å²) in [6.45, 7) is 0. The molecule has 0 spiro atoms. The van der Waals surface area contributed by atoms with Crippen molar-refractivity contribution < 1.29 is 0 Å². The van der Waals surface area contributed by atoms with Gasteiger partial charge in [0.05, 0.1) is 0 Å². The van der Waals surface area contributed by atoms with Crippen molar-refractivity contribution in [3.05, 3.63) is 34.7 Å². The van der Waals surface area contributed by atoms with E-state index in [1.54, 1.807) is 35.3 Å². The second-order valence-corrected chi connectivity index (χ2v) is 6.81. The van der Waals surface area contributed by atoms with Crippen LogP contribution in [0.5, 0.6) is 0 Å². The molecule has 14 heavy (non-hydrogen) atoms. The highest BCUT2D eigenvalue weighted by molar-refractivity contribution is 8.35. The third-order valence-corrected chi connectivity index (χ3v) is 6.31. The fourth-order valence-electron chi connectivity index (χ4n) is 1.14. The van der Waals surface area contributed by atoms with Crippen molar-refractivity contribution in [3.8, 4) is 0 Å². The van der Waals surface area contributed by atoms with E-state index in [4.69, 9.17) is 5.53 Å². The summed E-state index contributed by atoms with van der Waals surface area (Å²) in [7, 11) is 0. The molecule has 1 heterocycles. The molecule has 0 atom stereocenters. The Morgan fingerprint density at radius 2 is 1.93 bits per heavy atom. The van der Waals surface area contributed by atoms with Gasteiger partial charge in [0.15, 0.2) is 3.54 Å². The first-order valence-corrected chi connectivity index (χ1v) is 6.74. The number of fused-ring (bicyclic) bond motifs is 1. The molecule has 1 aliphatic rings. The largest absolute Gasteiger partial charge is 0.194 e. The molecule has 2 rings (SSSR count). The van der Waals surface area contributed by atoms with Gasteiger partial charge in [-0.2, -0.15) is 0 Å². The van der Waals surface area contributed by atoms with Gasteiger partial charge in [-0.15, -0.1) is 11.8 Å². The summed E-state index contributed by atoms with van der Waals surface area (Å²) in [5, 5.41) is 3.86. The van der Waals surface area contributed by atoms with E-state index in [0.717, 1.165) is 0 Å². The first-order chi connectivity index (χ1) is 6.79. The summed E-state index contributed by atoms with van der Waals surface area (Å²) in [6.07, 6.45) is 1.96. The molecule has 0 fully saturated rings. The molecule has 0 amide bonds. The van der Waals surface area contributed by atoms with E-state index < -0.39 is 3.54 Å². The third kappa shape index (κ3) is 1.70. The van der Waals surface area contributed by atoms with Crippen molar-refractivity contribution in [3.63, 3.8) is 0 Å². The third-order valence-electron chi connectivity index (χ3n) is 1.75. The first kappa shape index (κ1) is 10.1. The molecule has 0 bridgehead atoms. The standard InChI is InChI=1S/C8H7N3S3/c1-12-8(10-11-9)13-6-4-2-3-5-7(6)14-8/h2-5H,1H3. The van der Waals surface area contributed by atoms with Crippen molar-refractivity contribution >= 4 is 35.3 Å². The molecule has 0 unspecified atom stereocenters. The predicted molar refractivity (Wildman–Crippen MR) is 63.5 cm³/mol. The van der Waals surface area contributed by atoms with Crippen LogP contribution in [0.3, 0.4) is 0 Å². The fourth-order valence-corrected chi connectivity index (χ4v) is 4.76. The number of rotatable bonds is 2. The lowest BCUT2D eigenvalue weighted by atomic mass is 10.4. The Hall–Kier alpha value is -0.420. The highest BCUT2D eigenvalue weighted by Gasteiger charge is 2.37. The molecule has 0 aliphatic carbocycles. The van der Waals surface area contributed by atoms with Crippen LogP contribution in [0.1, 0.15) is 0 Å². The van der Waals surface area contributed by atoms with Crippen LogP contribution in [-0.2, 0) is 0 Å². The Balaban J connectivity index is 2.37. The van der Waals surface area contributed by atoms with Gasteiger partial charge in [-0.25, -0.2) is 0 Å². The summed E-state index contributed by atoms with van der Waals surface area (Å²) >= 11 is 4.79. The molecule has 0 saturated heterocycles. The zero-order valence-electron chi connectivity index (χ0n) is 7.38. The van der Waals surface area contributed by atoms with Crippen LogP contribution in [0.4, 0.5) is 0 Å². The summed E-state index contributed by atoms with van der Waals surface area (Å²) in [6, 6.07) is 8.10. The van der Waals surface area contributed by atoms with Crippen LogP contribution >= 0.6 is 35.3 Å². The highest BCUT2D eigenvalue weighted by atomic mass is 32.3. The van der Waals surface area contributed by atoms with Gasteiger partial charge in [0.2, 0.25) is 0 Å². The molecule has 1 aromatic carbocycles. The van der Waals surface area contributed by atoms with Crippen LogP contribution in [0.15, 0.2) is 39.2 Å². The average Bonchev–Trinajstić information content (AvgIpc) is 2.57. The van der Waals surface area contributed by atoms with Gasteiger partial charge in [-0.05, 0) is 23.9 Å². The van der Waals surface area contributed by atoms with Crippen molar-refractivity contribution in [2.75, 3.05) is 6.26 Å². The molecule has 72 valence electrons. The molecule has 0 radical (unpaired) electrons. The number of hydrogen-bond acceptors (Lipinski definition) is 4. The van der Waals surface area contributed by atoms with E-state index in [2.05, 4.69) is 22.2 Å². The quantitative estimate of drug-likeness (QED) is 0.443. The Bertz CT molecular complexity index is 376. The maximum atomic E-state index is 8.52. The summed E-state index contributed by atoms with van der Waals surface area (Å²) < 4.78 is -0.446. The number of benzene rings is 1. The van der Waals surface area contributed by atoms with Crippen molar-refractivity contribution in [2.45, 2.75) is 13.3 Å². The Morgan fingerprint density at radius 1 is 1.36 bits per heavy atom. The van der Waals surface area contributed by atoms with Crippen molar-refractivity contribution in [1.82, 2.24) is 0 Å². The monoisotopic (exact) mass is 241 g/mol. The van der Waals surface area contributed by atoms with E-state index in [1.807, 2.05) is 18.4 Å². The van der Waals surface area contributed by atoms with Gasteiger partial charge >= 0.3 is 0 Å². The van der Waals surface area contributed by atoms with Crippen LogP contribution < -0.4 is 0 Å². The minimum absolute atomic E-state index is 0.446. The van der Waals surface area contributed by atoms with Crippen LogP contribution in [-0.4, -0.2) is 9.79 Å². The summed E-state index contributed by atoms with van der Waals surface area (Å²) in [4.78, 5) is 5.29. The lowest BCUT2D eigenvalue weighted by Crippen LogP contribution is -2.04. The average molecular weight is 241 g/mol. The Kier molecular flexibility index (Phi) is 2.88. The molecule has 1 aliphatic heterocycles. The van der Waals surface area contributed by atoms with Gasteiger partial charge in [0.1, 0.15) is 0 Å². The molecule has 0 N–H and O–H groups in total. The number of thioether (sulfide) groups is 3. The zero-order chi connectivity index (χ0) is 10.0. The van der Waals surface area contributed by atoms with Gasteiger partial charge in [0, 0.05) is 14.7 Å². The SMILES string of the molecule is CSC1(N=[N+]=[N-])Sc2ccccc2S1. The van der Waals surface area contributed by atoms with E-state index in [0.29, 0.717) is 0 Å². The Morgan fingerprint density at radius 3 is 2.36 bits per heavy atom. The number of azide groups is 1. The molecule has 0 aromatic heterocycles. The highest BCUT2D eigenvalue weighted by Crippen LogP contribution is 2.61. The number of nitrogens with zero attached hydrogens (tertiary/aromatic N) is 3. The first-order valence-electron chi connectivity index (χ1n) is 3.88. The van der Waals surface area contributed by atoms with Gasteiger partial charge in [-0.1, -0.05) is 40.8 Å². The molecule has 0 saturated carbocycles. The maximum absolute atomic E-state index is 8.52. The molecule has 3 nitrogen and oxygen atoms in total. The Labute approximate surface area is 94.7 Å². The summed E-state index contributed by atoms with van der Waals surface area (Å²) in [5.74, 6) is 0. The topological polar surface area (TPSA) is 48.8 Å². The lowest BCUT2D eigenvalue weighted by molar-refractivity contribution is 1.19. The molecular formula is C8H7N3S3. The second-order valence-electron chi connectivity index (χ2n) is 2.57. The zero-order valence-corrected chi connectivity index (χ0v) is 9.83. The van der Waals surface area contributed by atoms with E-state index >= 15 is 0 Å². The summed E-state index contributed by atoms with van der Waals surface area (Å²) in [5.41, 5.74) is 8.52. The van der Waals surface area contributed by atoms with E-state index in [-0.39, 0.29) is 0 Å². The molecule has 1 aromatic rings. The minimum atomic E-state index is -0.446. The van der Waals surface area contributed by atoms with Crippen LogP contribution in [0.2, 0.25) is 0 Å². The van der Waals surface area contributed by atoms with Crippen molar-refractivity contribution in [1.29, 1.82) is 0 Å². The van der Waals surface area contributed by atoms with Gasteiger partial charge in [0.25, 0.3) is 0 Å². The van der Waals surface area contributed by atoms with E-state index in [9.17, 15) is 0 Å². The minimum Gasteiger partial charge on any atom is -0.130 e. The molecule has 6 heteroatoms. The van der Waals surface area contributed by atoms with Crippen molar-refractivity contribution in [2.24, 2.45) is 5.11 Å². The van der Waals surface area contributed by atoms with Gasteiger partial charge in [-0.3, -0.25) is 0 Å². The molecular weight excluding hydrogens is 234 g/mol. The second kappa shape index (κ2) is 3.98.